The largest absolute Gasteiger partial charge is 0.496 e. The van der Waals surface area contributed by atoms with Crippen LogP contribution >= 0.6 is 0 Å². The number of alkyl halides is 2. The molecule has 8 heteroatoms. The van der Waals surface area contributed by atoms with Crippen LogP contribution in [0.25, 0.3) is 0 Å². The molecule has 0 aliphatic carbocycles. The molecule has 0 spiro atoms. The Bertz CT molecular complexity index is 902. The van der Waals surface area contributed by atoms with E-state index in [0.29, 0.717) is 16.9 Å². The third-order valence-corrected chi connectivity index (χ3v) is 4.70. The molecule has 1 saturated heterocycles. The number of urea groups is 1. The number of aryl methyl sites for hydroxylation is 1. The van der Waals surface area contributed by atoms with Gasteiger partial charge in [0, 0.05) is 5.56 Å². The van der Waals surface area contributed by atoms with Crippen LogP contribution < -0.4 is 14.8 Å². The van der Waals surface area contributed by atoms with Gasteiger partial charge in [-0.2, -0.15) is 8.78 Å². The number of carbonyl (C=O) groups excluding carboxylic acids is 2. The molecule has 1 aliphatic heterocycles. The average Bonchev–Trinajstić information content (AvgIpc) is 2.86. The summed E-state index contributed by atoms with van der Waals surface area (Å²) in [5, 5.41) is 2.69. The van der Waals surface area contributed by atoms with Crippen LogP contribution in [0.5, 0.6) is 11.5 Å². The minimum Gasteiger partial charge on any atom is -0.496 e. The molecule has 0 unspecified atom stereocenters. The second kappa shape index (κ2) is 7.46. The molecular formula is C20H20F2N2O4. The van der Waals surface area contributed by atoms with Crippen molar-refractivity contribution in [1.82, 2.24) is 10.2 Å². The SMILES string of the molecule is COc1ccc(C)cc1CN1C(=O)N[C@@](C)(c2ccc(OC(F)F)cc2)C1=O. The molecule has 2 aromatic carbocycles. The van der Waals surface area contributed by atoms with E-state index in [1.54, 1.807) is 13.0 Å². The molecule has 148 valence electrons. The smallest absolute Gasteiger partial charge is 0.387 e. The molecule has 1 heterocycles. The maximum Gasteiger partial charge on any atom is 0.387 e. The van der Waals surface area contributed by atoms with Gasteiger partial charge in [0.2, 0.25) is 0 Å². The van der Waals surface area contributed by atoms with Gasteiger partial charge in [-0.3, -0.25) is 9.69 Å². The molecule has 0 bridgehead atoms. The molecule has 6 nitrogen and oxygen atoms in total. The summed E-state index contributed by atoms with van der Waals surface area (Å²) in [6.45, 7) is 0.595. The molecule has 3 amide bonds. The summed E-state index contributed by atoms with van der Waals surface area (Å²) in [6, 6.07) is 10.6. The van der Waals surface area contributed by atoms with Crippen LogP contribution in [0, 0.1) is 6.92 Å². The Hall–Kier alpha value is -3.16. The van der Waals surface area contributed by atoms with Crippen molar-refractivity contribution < 1.29 is 27.8 Å². The predicted molar refractivity (Wildman–Crippen MR) is 97.2 cm³/mol. The summed E-state index contributed by atoms with van der Waals surface area (Å²) in [4.78, 5) is 26.7. The lowest BCUT2D eigenvalue weighted by molar-refractivity contribution is -0.131. The fraction of sp³-hybridized carbons (Fsp3) is 0.300. The van der Waals surface area contributed by atoms with Gasteiger partial charge < -0.3 is 14.8 Å². The van der Waals surface area contributed by atoms with Crippen LogP contribution in [0.2, 0.25) is 0 Å². The summed E-state index contributed by atoms with van der Waals surface area (Å²) >= 11 is 0. The Morgan fingerprint density at radius 2 is 1.82 bits per heavy atom. The first-order chi connectivity index (χ1) is 13.2. The van der Waals surface area contributed by atoms with Gasteiger partial charge in [0.05, 0.1) is 13.7 Å². The van der Waals surface area contributed by atoms with Crippen LogP contribution in [-0.4, -0.2) is 30.6 Å². The van der Waals surface area contributed by atoms with Crippen molar-refractivity contribution in [1.29, 1.82) is 0 Å². The molecule has 0 saturated carbocycles. The van der Waals surface area contributed by atoms with Crippen LogP contribution in [0.3, 0.4) is 0 Å². The number of hydrogen-bond acceptors (Lipinski definition) is 4. The highest BCUT2D eigenvalue weighted by Crippen LogP contribution is 2.32. The van der Waals surface area contributed by atoms with E-state index in [9.17, 15) is 18.4 Å². The number of halogens is 2. The zero-order chi connectivity index (χ0) is 20.5. The Balaban J connectivity index is 1.85. The Kier molecular flexibility index (Phi) is 5.22. The second-order valence-corrected chi connectivity index (χ2v) is 6.66. The van der Waals surface area contributed by atoms with Crippen LogP contribution in [0.15, 0.2) is 42.5 Å². The number of hydrogen-bond donors (Lipinski definition) is 1. The minimum absolute atomic E-state index is 0.0273. The first kappa shape index (κ1) is 19.6. The van der Waals surface area contributed by atoms with Crippen LogP contribution in [-0.2, 0) is 16.9 Å². The highest BCUT2D eigenvalue weighted by molar-refractivity contribution is 6.07. The van der Waals surface area contributed by atoms with Crippen molar-refractivity contribution in [2.75, 3.05) is 7.11 Å². The highest BCUT2D eigenvalue weighted by Gasteiger charge is 2.49. The molecule has 3 rings (SSSR count). The summed E-state index contributed by atoms with van der Waals surface area (Å²) in [6.07, 6.45) is 0. The fourth-order valence-electron chi connectivity index (χ4n) is 3.21. The standard InChI is InChI=1S/C20H20F2N2O4/c1-12-4-9-16(27-3)13(10-12)11-24-17(25)20(2,23-19(24)26)14-5-7-15(8-6-14)28-18(21)22/h4-10,18H,11H2,1-3H3,(H,23,26)/t20-/m0/s1. The molecule has 1 fully saturated rings. The maximum atomic E-state index is 13.0. The van der Waals surface area contributed by atoms with E-state index in [1.165, 1.54) is 31.4 Å². The number of rotatable bonds is 6. The highest BCUT2D eigenvalue weighted by atomic mass is 19.3. The van der Waals surface area contributed by atoms with Crippen LogP contribution in [0.1, 0.15) is 23.6 Å². The molecule has 2 aromatic rings. The summed E-state index contributed by atoms with van der Waals surface area (Å²) in [5.41, 5.74) is 0.833. The molecule has 28 heavy (non-hydrogen) atoms. The summed E-state index contributed by atoms with van der Waals surface area (Å²) in [7, 11) is 1.52. The van der Waals surface area contributed by atoms with E-state index in [4.69, 9.17) is 4.74 Å². The number of ether oxygens (including phenoxy) is 2. The lowest BCUT2D eigenvalue weighted by atomic mass is 9.92. The Labute approximate surface area is 161 Å². The maximum absolute atomic E-state index is 13.0. The minimum atomic E-state index is -2.94. The zero-order valence-electron chi connectivity index (χ0n) is 15.7. The molecule has 0 radical (unpaired) electrons. The van der Waals surface area contributed by atoms with E-state index in [2.05, 4.69) is 10.1 Å². The van der Waals surface area contributed by atoms with Gasteiger partial charge >= 0.3 is 12.6 Å². The normalized spacial score (nSPS) is 19.1. The van der Waals surface area contributed by atoms with E-state index >= 15 is 0 Å². The summed E-state index contributed by atoms with van der Waals surface area (Å²) in [5.74, 6) is 0.109. The zero-order valence-corrected chi connectivity index (χ0v) is 15.7. The van der Waals surface area contributed by atoms with Gasteiger partial charge in [-0.1, -0.05) is 29.8 Å². The monoisotopic (exact) mass is 390 g/mol. The number of benzene rings is 2. The Morgan fingerprint density at radius 1 is 1.14 bits per heavy atom. The second-order valence-electron chi connectivity index (χ2n) is 6.66. The quantitative estimate of drug-likeness (QED) is 0.766. The van der Waals surface area contributed by atoms with Crippen molar-refractivity contribution in [2.24, 2.45) is 0 Å². The topological polar surface area (TPSA) is 67.9 Å². The summed E-state index contributed by atoms with van der Waals surface area (Å²) < 4.78 is 34.3. The number of nitrogens with zero attached hydrogens (tertiary/aromatic N) is 1. The molecule has 1 atom stereocenters. The number of amides is 3. The lowest BCUT2D eigenvalue weighted by Gasteiger charge is -2.23. The number of imide groups is 1. The third kappa shape index (κ3) is 3.62. The van der Waals surface area contributed by atoms with Crippen molar-refractivity contribution >= 4 is 11.9 Å². The van der Waals surface area contributed by atoms with Gasteiger partial charge in [0.25, 0.3) is 5.91 Å². The first-order valence-corrected chi connectivity index (χ1v) is 8.57. The van der Waals surface area contributed by atoms with Gasteiger partial charge in [0.1, 0.15) is 17.0 Å². The number of methoxy groups -OCH3 is 1. The van der Waals surface area contributed by atoms with Gasteiger partial charge in [-0.25, -0.2) is 4.79 Å². The van der Waals surface area contributed by atoms with E-state index in [1.807, 2.05) is 19.1 Å². The van der Waals surface area contributed by atoms with Gasteiger partial charge in [-0.15, -0.1) is 0 Å². The van der Waals surface area contributed by atoms with Crippen molar-refractivity contribution in [3.05, 3.63) is 59.2 Å². The van der Waals surface area contributed by atoms with E-state index in [0.717, 1.165) is 10.5 Å². The molecular weight excluding hydrogens is 370 g/mol. The molecule has 1 aliphatic rings. The average molecular weight is 390 g/mol. The van der Waals surface area contributed by atoms with Gasteiger partial charge in [0.15, 0.2) is 0 Å². The Morgan fingerprint density at radius 3 is 2.43 bits per heavy atom. The first-order valence-electron chi connectivity index (χ1n) is 8.57. The van der Waals surface area contributed by atoms with Gasteiger partial charge in [-0.05, 0) is 37.6 Å². The number of carbonyl (C=O) groups is 2. The van der Waals surface area contributed by atoms with Crippen molar-refractivity contribution in [3.63, 3.8) is 0 Å². The van der Waals surface area contributed by atoms with E-state index < -0.39 is 24.1 Å². The predicted octanol–water partition coefficient (Wildman–Crippen LogP) is 3.57. The fourth-order valence-corrected chi connectivity index (χ4v) is 3.21. The van der Waals surface area contributed by atoms with E-state index in [-0.39, 0.29) is 12.3 Å². The van der Waals surface area contributed by atoms with Crippen LogP contribution in [0.4, 0.5) is 13.6 Å². The van der Waals surface area contributed by atoms with Crippen molar-refractivity contribution in [3.8, 4) is 11.5 Å². The third-order valence-electron chi connectivity index (χ3n) is 4.70. The molecule has 1 N–H and O–H groups in total. The lowest BCUT2D eigenvalue weighted by Crippen LogP contribution is -2.40. The molecule has 0 aromatic heterocycles. The van der Waals surface area contributed by atoms with Crippen molar-refractivity contribution in [2.45, 2.75) is 32.5 Å². The number of nitrogens with one attached hydrogen (secondary N) is 1.